The molecule has 0 amide bonds. The molecule has 9 rings (SSSR count). The number of anilines is 3. The maximum Gasteiger partial charge on any atom is 0.160 e. The van der Waals surface area contributed by atoms with Crippen LogP contribution >= 0.6 is 11.3 Å². The first-order valence-electron chi connectivity index (χ1n) is 14.5. The number of para-hydroxylation sites is 1. The Balaban J connectivity index is 1.39. The van der Waals surface area contributed by atoms with E-state index in [2.05, 4.69) is 150 Å². The Hall–Kier alpha value is -5.38. The Morgan fingerprint density at radius 1 is 0.465 bits per heavy atom. The fourth-order valence-electron chi connectivity index (χ4n) is 6.51. The van der Waals surface area contributed by atoms with Crippen molar-refractivity contribution < 1.29 is 4.42 Å². The minimum absolute atomic E-state index is 0.892. The predicted octanol–water partition coefficient (Wildman–Crippen LogP) is 12.2. The highest BCUT2D eigenvalue weighted by atomic mass is 32.1. The van der Waals surface area contributed by atoms with Crippen molar-refractivity contribution in [2.75, 3.05) is 4.90 Å². The van der Waals surface area contributed by atoms with E-state index < -0.39 is 0 Å². The van der Waals surface area contributed by atoms with Crippen LogP contribution in [0, 0.1) is 0 Å². The van der Waals surface area contributed by atoms with E-state index in [0.29, 0.717) is 0 Å². The summed E-state index contributed by atoms with van der Waals surface area (Å²) in [6.45, 7) is 0. The first kappa shape index (κ1) is 24.2. The molecule has 0 bridgehead atoms. The van der Waals surface area contributed by atoms with E-state index >= 15 is 0 Å². The second-order valence-electron chi connectivity index (χ2n) is 10.9. The molecule has 202 valence electrons. The lowest BCUT2D eigenvalue weighted by Crippen LogP contribution is -2.10. The molecule has 0 saturated carbocycles. The third-order valence-corrected chi connectivity index (χ3v) is 9.58. The van der Waals surface area contributed by atoms with Gasteiger partial charge >= 0.3 is 0 Å². The van der Waals surface area contributed by atoms with E-state index in [1.807, 2.05) is 17.4 Å². The smallest absolute Gasteiger partial charge is 0.160 e. The molecule has 0 spiro atoms. The Morgan fingerprint density at radius 3 is 2.00 bits per heavy atom. The SMILES string of the molecule is c1ccc(-c2ccc(N(c3cc4ccccc4c4c3oc3ccccc34)c3cccc4sc5ccccc5c34)cc2)cc1. The monoisotopic (exact) mass is 567 g/mol. The van der Waals surface area contributed by atoms with Crippen molar-refractivity contribution in [2.24, 2.45) is 0 Å². The van der Waals surface area contributed by atoms with Crippen LogP contribution in [0.15, 0.2) is 156 Å². The van der Waals surface area contributed by atoms with E-state index in [0.717, 1.165) is 39.0 Å². The molecule has 0 unspecified atom stereocenters. The molecule has 9 aromatic rings. The number of furan rings is 1. The molecule has 0 atom stereocenters. The number of nitrogens with zero attached hydrogens (tertiary/aromatic N) is 1. The Kier molecular flexibility index (Phi) is 5.40. The summed E-state index contributed by atoms with van der Waals surface area (Å²) in [5.74, 6) is 0. The largest absolute Gasteiger partial charge is 0.454 e. The Bertz CT molecular complexity index is 2450. The molecule has 0 fully saturated rings. The maximum atomic E-state index is 6.75. The van der Waals surface area contributed by atoms with Crippen molar-refractivity contribution in [3.05, 3.63) is 152 Å². The summed E-state index contributed by atoms with van der Waals surface area (Å²) in [5.41, 5.74) is 7.43. The van der Waals surface area contributed by atoms with Crippen LogP contribution in [0.25, 0.3) is 64.0 Å². The van der Waals surface area contributed by atoms with Crippen LogP contribution in [0.5, 0.6) is 0 Å². The highest BCUT2D eigenvalue weighted by molar-refractivity contribution is 7.26. The van der Waals surface area contributed by atoms with E-state index in [-0.39, 0.29) is 0 Å². The number of fused-ring (bicyclic) bond motifs is 8. The van der Waals surface area contributed by atoms with Gasteiger partial charge in [0.05, 0.1) is 11.4 Å². The van der Waals surface area contributed by atoms with Crippen LogP contribution in [-0.2, 0) is 0 Å². The fraction of sp³-hybridized carbons (Fsp3) is 0. The van der Waals surface area contributed by atoms with Gasteiger partial charge in [0.2, 0.25) is 0 Å². The quantitative estimate of drug-likeness (QED) is 0.210. The number of thiophene rings is 1. The van der Waals surface area contributed by atoms with E-state index in [4.69, 9.17) is 4.42 Å². The van der Waals surface area contributed by atoms with E-state index in [9.17, 15) is 0 Å². The summed E-state index contributed by atoms with van der Waals surface area (Å²) < 4.78 is 9.31. The third-order valence-electron chi connectivity index (χ3n) is 8.45. The molecule has 0 aliphatic rings. The fourth-order valence-corrected chi connectivity index (χ4v) is 7.63. The van der Waals surface area contributed by atoms with Crippen molar-refractivity contribution in [3.63, 3.8) is 0 Å². The van der Waals surface area contributed by atoms with E-state index in [1.54, 1.807) is 0 Å². The van der Waals surface area contributed by atoms with Crippen LogP contribution in [0.4, 0.5) is 17.1 Å². The van der Waals surface area contributed by atoms with Gasteiger partial charge in [-0.2, -0.15) is 0 Å². The van der Waals surface area contributed by atoms with Gasteiger partial charge in [-0.25, -0.2) is 0 Å². The molecule has 7 aromatic carbocycles. The number of rotatable bonds is 4. The molecule has 2 nitrogen and oxygen atoms in total. The zero-order chi connectivity index (χ0) is 28.3. The van der Waals surface area contributed by atoms with Gasteiger partial charge in [0.15, 0.2) is 5.58 Å². The summed E-state index contributed by atoms with van der Waals surface area (Å²) in [5, 5.41) is 7.19. The first-order chi connectivity index (χ1) is 21.3. The predicted molar refractivity (Wildman–Crippen MR) is 184 cm³/mol. The van der Waals surface area contributed by atoms with Gasteiger partial charge in [0, 0.05) is 36.6 Å². The van der Waals surface area contributed by atoms with E-state index in [1.165, 1.54) is 42.1 Å². The van der Waals surface area contributed by atoms with Crippen LogP contribution in [-0.4, -0.2) is 0 Å². The summed E-state index contributed by atoms with van der Waals surface area (Å²) in [7, 11) is 0. The second kappa shape index (κ2) is 9.59. The lowest BCUT2D eigenvalue weighted by atomic mass is 10.0. The number of hydrogen-bond donors (Lipinski definition) is 0. The van der Waals surface area contributed by atoms with Gasteiger partial charge in [0.25, 0.3) is 0 Å². The summed E-state index contributed by atoms with van der Waals surface area (Å²) in [4.78, 5) is 2.40. The molecule has 0 radical (unpaired) electrons. The Labute approximate surface area is 252 Å². The molecule has 43 heavy (non-hydrogen) atoms. The van der Waals surface area contributed by atoms with Crippen LogP contribution in [0.2, 0.25) is 0 Å². The first-order valence-corrected chi connectivity index (χ1v) is 15.3. The van der Waals surface area contributed by atoms with Crippen molar-refractivity contribution in [1.29, 1.82) is 0 Å². The summed E-state index contributed by atoms with van der Waals surface area (Å²) >= 11 is 1.84. The maximum absolute atomic E-state index is 6.75. The number of hydrogen-bond acceptors (Lipinski definition) is 3. The highest BCUT2D eigenvalue weighted by Gasteiger charge is 2.24. The molecular weight excluding hydrogens is 543 g/mol. The van der Waals surface area contributed by atoms with Crippen molar-refractivity contribution >= 4 is 81.3 Å². The van der Waals surface area contributed by atoms with Gasteiger partial charge in [-0.05, 0) is 64.4 Å². The van der Waals surface area contributed by atoms with Crippen LogP contribution in [0.3, 0.4) is 0 Å². The highest BCUT2D eigenvalue weighted by Crippen LogP contribution is 2.49. The number of benzene rings is 7. The Morgan fingerprint density at radius 2 is 1.14 bits per heavy atom. The van der Waals surface area contributed by atoms with Gasteiger partial charge in [-0.15, -0.1) is 11.3 Å². The van der Waals surface area contributed by atoms with Gasteiger partial charge < -0.3 is 9.32 Å². The third kappa shape index (κ3) is 3.79. The zero-order valence-electron chi connectivity index (χ0n) is 23.2. The lowest BCUT2D eigenvalue weighted by Gasteiger charge is -2.27. The molecule has 2 heterocycles. The molecule has 0 N–H and O–H groups in total. The van der Waals surface area contributed by atoms with Crippen molar-refractivity contribution in [2.45, 2.75) is 0 Å². The molecular formula is C40H25NOS. The van der Waals surface area contributed by atoms with Crippen LogP contribution < -0.4 is 4.90 Å². The van der Waals surface area contributed by atoms with Crippen LogP contribution in [0.1, 0.15) is 0 Å². The van der Waals surface area contributed by atoms with Crippen molar-refractivity contribution in [1.82, 2.24) is 0 Å². The molecule has 0 saturated heterocycles. The van der Waals surface area contributed by atoms with Crippen molar-refractivity contribution in [3.8, 4) is 11.1 Å². The standard InChI is InChI=1S/C40H25NOS/c1-2-11-26(12-3-1)27-21-23-29(24-22-27)41(33-17-10-20-37-39(33)32-16-7-9-19-36(32)43-37)34-25-28-13-4-5-14-30(28)38-31-15-6-8-18-35(31)42-40(34)38/h1-25H. The average molecular weight is 568 g/mol. The molecule has 3 heteroatoms. The summed E-state index contributed by atoms with van der Waals surface area (Å²) in [6.07, 6.45) is 0. The van der Waals surface area contributed by atoms with Gasteiger partial charge in [-0.1, -0.05) is 109 Å². The van der Waals surface area contributed by atoms with Gasteiger partial charge in [-0.3, -0.25) is 0 Å². The minimum atomic E-state index is 0.892. The molecule has 0 aliphatic heterocycles. The minimum Gasteiger partial charge on any atom is -0.454 e. The average Bonchev–Trinajstić information content (AvgIpc) is 3.65. The lowest BCUT2D eigenvalue weighted by molar-refractivity contribution is 0.669. The molecule has 2 aromatic heterocycles. The second-order valence-corrected chi connectivity index (χ2v) is 12.0. The van der Waals surface area contributed by atoms with Gasteiger partial charge in [0.1, 0.15) is 5.58 Å². The molecule has 0 aliphatic carbocycles. The summed E-state index contributed by atoms with van der Waals surface area (Å²) in [6, 6.07) is 54.2. The zero-order valence-corrected chi connectivity index (χ0v) is 24.0. The normalized spacial score (nSPS) is 11.7. The topological polar surface area (TPSA) is 16.4 Å².